The Kier molecular flexibility index (Phi) is 20.6. The molecule has 0 bridgehead atoms. The second-order valence-corrected chi connectivity index (χ2v) is 18.2. The van der Waals surface area contributed by atoms with Crippen molar-refractivity contribution in [3.63, 3.8) is 0 Å². The van der Waals surface area contributed by atoms with Gasteiger partial charge in [-0.2, -0.15) is 0 Å². The quantitative estimate of drug-likeness (QED) is 0.0414. The van der Waals surface area contributed by atoms with Gasteiger partial charge in [-0.3, -0.25) is 9.59 Å². The van der Waals surface area contributed by atoms with E-state index >= 15 is 0 Å². The Labute approximate surface area is 405 Å². The molecule has 2 heterocycles. The lowest BCUT2D eigenvalue weighted by molar-refractivity contribution is -0.356. The molecule has 14 nitrogen and oxygen atoms in total. The summed E-state index contributed by atoms with van der Waals surface area (Å²) >= 11 is 18.6. The molecular formula is C50H56Cl3NO13. The summed E-state index contributed by atoms with van der Waals surface area (Å²) in [6, 6.07) is 36.3. The number of Topliss-reactive ketones (excluding diaryl/α,β-unsaturated/α-hetero) is 1. The topological polar surface area (TPSA) is 167 Å². The van der Waals surface area contributed by atoms with Crippen molar-refractivity contribution in [2.24, 2.45) is 0 Å². The summed E-state index contributed by atoms with van der Waals surface area (Å²) in [5.74, 6) is -1.99. The van der Waals surface area contributed by atoms with Crippen LogP contribution in [-0.2, 0) is 83.4 Å². The van der Waals surface area contributed by atoms with E-state index in [0.29, 0.717) is 0 Å². The fraction of sp³-hybridized carbons (Fsp3) is 0.420. The highest BCUT2D eigenvalue weighted by Gasteiger charge is 2.55. The molecule has 2 N–H and O–H groups in total. The maximum atomic E-state index is 13.8. The van der Waals surface area contributed by atoms with Crippen molar-refractivity contribution in [3.8, 4) is 0 Å². The molecule has 1 amide bonds. The third kappa shape index (κ3) is 15.9. The Morgan fingerprint density at radius 3 is 1.63 bits per heavy atom. The van der Waals surface area contributed by atoms with Gasteiger partial charge in [-0.15, -0.1) is 6.58 Å². The fourth-order valence-corrected chi connectivity index (χ4v) is 7.72. The summed E-state index contributed by atoms with van der Waals surface area (Å²) in [4.78, 5) is 39.2. The minimum absolute atomic E-state index is 0.0215. The smallest absolute Gasteiger partial charge is 0.306 e. The van der Waals surface area contributed by atoms with E-state index in [0.717, 1.165) is 22.3 Å². The van der Waals surface area contributed by atoms with Crippen molar-refractivity contribution in [2.75, 3.05) is 19.8 Å². The van der Waals surface area contributed by atoms with E-state index in [1.54, 1.807) is 0 Å². The molecule has 2 saturated heterocycles. The first kappa shape index (κ1) is 52.1. The van der Waals surface area contributed by atoms with Gasteiger partial charge in [0.15, 0.2) is 18.7 Å². The van der Waals surface area contributed by atoms with Crippen LogP contribution in [0.15, 0.2) is 134 Å². The Bertz CT molecular complexity index is 2120. The molecule has 360 valence electrons. The number of carbonyl (C=O) groups is 3. The van der Waals surface area contributed by atoms with Gasteiger partial charge >= 0.3 is 5.97 Å². The molecule has 0 aliphatic carbocycles. The summed E-state index contributed by atoms with van der Waals surface area (Å²) in [7, 11) is 0. The molecule has 4 aromatic rings. The first-order chi connectivity index (χ1) is 32.4. The van der Waals surface area contributed by atoms with Crippen LogP contribution in [0, 0.1) is 0 Å². The van der Waals surface area contributed by atoms with Crippen LogP contribution < -0.4 is 5.32 Å². The molecule has 10 atom stereocenters. The van der Waals surface area contributed by atoms with E-state index in [4.69, 9.17) is 77.4 Å². The third-order valence-electron chi connectivity index (χ3n) is 10.8. The first-order valence-electron chi connectivity index (χ1n) is 21.9. The number of carbonyl (C=O) groups excluding carboxylic acids is 3. The number of benzene rings is 4. The zero-order chi connectivity index (χ0) is 47.6. The number of halogens is 3. The van der Waals surface area contributed by atoms with Crippen molar-refractivity contribution in [2.45, 2.75) is 111 Å². The number of amides is 1. The average molecular weight is 985 g/mol. The van der Waals surface area contributed by atoms with Crippen molar-refractivity contribution in [1.29, 1.82) is 0 Å². The largest absolute Gasteiger partial charge is 0.454 e. The van der Waals surface area contributed by atoms with Gasteiger partial charge in [0.2, 0.25) is 0 Å². The lowest BCUT2D eigenvalue weighted by atomic mass is 9.94. The monoisotopic (exact) mass is 983 g/mol. The van der Waals surface area contributed by atoms with E-state index in [9.17, 15) is 19.5 Å². The zero-order valence-electron chi connectivity index (χ0n) is 36.9. The maximum absolute atomic E-state index is 13.8. The van der Waals surface area contributed by atoms with Crippen molar-refractivity contribution in [1.82, 2.24) is 5.32 Å². The van der Waals surface area contributed by atoms with Gasteiger partial charge in [-0.1, -0.05) is 162 Å². The standard InChI is InChI=1S/C50H56Cl3NO13/c1-3-26-60-48-46(66-40(57)25-24-33(2)56)45(63-31-37-22-14-7-15-23-37)43(38(27-55)64-48)67-47-41(54-49(58)50(51,52)53)44(62-30-36-20-12-6-13-21-36)42(61-29-35-18-10-5-11-19-35)39(65-47)32-59-28-34-16-8-4-9-17-34/h3-23,38-39,41-48,55H,1,24-32H2,2H3,(H,54,58)/t38-,39-,41-,42+,43+,44-,45-,46+,47+,48+/m1/s1. The van der Waals surface area contributed by atoms with Crippen LogP contribution in [0.4, 0.5) is 0 Å². The van der Waals surface area contributed by atoms with Crippen molar-refractivity contribution < 1.29 is 62.1 Å². The molecule has 6 rings (SSSR count). The van der Waals surface area contributed by atoms with Crippen LogP contribution >= 0.6 is 34.8 Å². The Hall–Kier alpha value is -4.26. The molecule has 0 radical (unpaired) electrons. The number of hydrogen-bond donors (Lipinski definition) is 2. The number of ether oxygens (including phenoxy) is 9. The SMILES string of the molecule is C=CCO[C@H]1O[C@H](CO)[C@H](O[C@@H]2O[C@H](COCc3ccccc3)[C@H](OCc3ccccc3)[C@H](OCc3ccccc3)[C@H]2NC(=O)C(Cl)(Cl)Cl)[C@@H](OCc2ccccc2)[C@@H]1OC(=O)CCC(C)=O. The number of aliphatic hydroxyl groups excluding tert-OH is 1. The summed E-state index contributed by atoms with van der Waals surface area (Å²) in [6.07, 6.45) is -9.82. The van der Waals surface area contributed by atoms with Gasteiger partial charge in [0.25, 0.3) is 9.70 Å². The highest BCUT2D eigenvalue weighted by Crippen LogP contribution is 2.36. The van der Waals surface area contributed by atoms with Gasteiger partial charge in [-0.25, -0.2) is 0 Å². The molecule has 4 aromatic carbocycles. The van der Waals surface area contributed by atoms with Crippen LogP contribution in [0.2, 0.25) is 0 Å². The fourth-order valence-electron chi connectivity index (χ4n) is 7.55. The molecule has 2 aliphatic heterocycles. The van der Waals surface area contributed by atoms with E-state index in [-0.39, 0.29) is 58.3 Å². The molecular weight excluding hydrogens is 929 g/mol. The molecule has 0 saturated carbocycles. The second-order valence-electron chi connectivity index (χ2n) is 15.9. The van der Waals surface area contributed by atoms with Gasteiger partial charge in [-0.05, 0) is 29.2 Å². The number of alkyl halides is 3. The summed E-state index contributed by atoms with van der Waals surface area (Å²) in [6.45, 7) is 4.69. The Balaban J connectivity index is 1.43. The van der Waals surface area contributed by atoms with E-state index in [1.807, 2.05) is 121 Å². The second kappa shape index (κ2) is 26.5. The normalized spacial score (nSPS) is 25.2. The van der Waals surface area contributed by atoms with E-state index in [2.05, 4.69) is 11.9 Å². The molecule has 67 heavy (non-hydrogen) atoms. The Morgan fingerprint density at radius 2 is 1.13 bits per heavy atom. The van der Waals surface area contributed by atoms with Gasteiger partial charge < -0.3 is 57.8 Å². The highest BCUT2D eigenvalue weighted by molar-refractivity contribution is 6.76. The minimum atomic E-state index is -2.46. The summed E-state index contributed by atoms with van der Waals surface area (Å²) in [5, 5.41) is 13.8. The highest BCUT2D eigenvalue weighted by atomic mass is 35.6. The van der Waals surface area contributed by atoms with Crippen molar-refractivity contribution >= 4 is 52.5 Å². The average Bonchev–Trinajstić information content (AvgIpc) is 3.33. The number of nitrogens with one attached hydrogen (secondary N) is 1. The maximum Gasteiger partial charge on any atom is 0.306 e. The molecule has 0 unspecified atom stereocenters. The van der Waals surface area contributed by atoms with Crippen LogP contribution in [-0.4, -0.2) is 108 Å². The van der Waals surface area contributed by atoms with Crippen LogP contribution in [0.5, 0.6) is 0 Å². The predicted molar refractivity (Wildman–Crippen MR) is 249 cm³/mol. The van der Waals surface area contributed by atoms with E-state index < -0.39 is 83.6 Å². The predicted octanol–water partition coefficient (Wildman–Crippen LogP) is 7.13. The number of aliphatic hydroxyl groups is 1. The van der Waals surface area contributed by atoms with E-state index in [1.165, 1.54) is 13.0 Å². The summed E-state index contributed by atoms with van der Waals surface area (Å²) < 4.78 is 56.0. The molecule has 0 aromatic heterocycles. The molecule has 0 spiro atoms. The van der Waals surface area contributed by atoms with Crippen molar-refractivity contribution in [3.05, 3.63) is 156 Å². The van der Waals surface area contributed by atoms with Crippen LogP contribution in [0.25, 0.3) is 0 Å². The lowest BCUT2D eigenvalue weighted by Gasteiger charge is -2.50. The third-order valence-corrected chi connectivity index (χ3v) is 11.4. The number of esters is 1. The zero-order valence-corrected chi connectivity index (χ0v) is 39.2. The molecule has 2 aliphatic rings. The number of rotatable bonds is 24. The number of hydrogen-bond acceptors (Lipinski definition) is 13. The molecule has 17 heteroatoms. The molecule has 2 fully saturated rings. The Morgan fingerprint density at radius 1 is 0.642 bits per heavy atom. The van der Waals surface area contributed by atoms with Gasteiger partial charge in [0.05, 0.1) is 52.7 Å². The minimum Gasteiger partial charge on any atom is -0.454 e. The number of ketones is 1. The van der Waals surface area contributed by atoms with Gasteiger partial charge in [0, 0.05) is 6.42 Å². The van der Waals surface area contributed by atoms with Gasteiger partial charge in [0.1, 0.15) is 48.4 Å². The summed E-state index contributed by atoms with van der Waals surface area (Å²) in [5.41, 5.74) is 3.29. The van der Waals surface area contributed by atoms with Crippen LogP contribution in [0.3, 0.4) is 0 Å². The first-order valence-corrected chi connectivity index (χ1v) is 23.0. The lowest BCUT2D eigenvalue weighted by Crippen LogP contribution is -2.69. The van der Waals surface area contributed by atoms with Crippen LogP contribution in [0.1, 0.15) is 42.0 Å².